The van der Waals surface area contributed by atoms with Crippen molar-refractivity contribution in [3.8, 4) is 0 Å². The fourth-order valence-corrected chi connectivity index (χ4v) is 5.35. The lowest BCUT2D eigenvalue weighted by molar-refractivity contribution is 0.0672. The van der Waals surface area contributed by atoms with Gasteiger partial charge in [0.1, 0.15) is 0 Å². The van der Waals surface area contributed by atoms with E-state index in [4.69, 9.17) is 20.9 Å². The van der Waals surface area contributed by atoms with E-state index in [0.717, 1.165) is 19.0 Å². The molecule has 0 saturated carbocycles. The predicted molar refractivity (Wildman–Crippen MR) is 58.1 cm³/mol. The van der Waals surface area contributed by atoms with E-state index in [2.05, 4.69) is 20.8 Å². The van der Waals surface area contributed by atoms with Crippen molar-refractivity contribution in [3.05, 3.63) is 0 Å². The maximum atomic E-state index is 5.59. The third kappa shape index (κ3) is 3.00. The Morgan fingerprint density at radius 3 is 2.33 bits per heavy atom. The molecule has 0 amide bonds. The van der Waals surface area contributed by atoms with Crippen LogP contribution in [-0.2, 0) is 20.9 Å². The van der Waals surface area contributed by atoms with E-state index in [9.17, 15) is 0 Å². The van der Waals surface area contributed by atoms with Gasteiger partial charge in [-0.05, 0) is 17.6 Å². The van der Waals surface area contributed by atoms with Crippen LogP contribution >= 0.6 is 17.1 Å². The van der Waals surface area contributed by atoms with Crippen LogP contribution < -0.4 is 0 Å². The van der Waals surface area contributed by atoms with E-state index >= 15 is 0 Å². The first kappa shape index (κ1) is 11.0. The van der Waals surface area contributed by atoms with E-state index < -0.39 is 5.69 Å². The molecule has 0 aromatic carbocycles. The van der Waals surface area contributed by atoms with Gasteiger partial charge in [-0.25, -0.2) is 0 Å². The van der Waals surface area contributed by atoms with Gasteiger partial charge in [0.2, 0.25) is 5.69 Å². The van der Waals surface area contributed by atoms with Crippen molar-refractivity contribution in [2.75, 3.05) is 19.0 Å². The third-order valence-electron chi connectivity index (χ3n) is 1.51. The van der Waals surface area contributed by atoms with Gasteiger partial charge in [-0.3, -0.25) is 0 Å². The molecule has 0 aliphatic carbocycles. The van der Waals surface area contributed by atoms with Crippen LogP contribution in [-0.4, -0.2) is 19.0 Å². The Hall–Kier alpha value is 0.920. The van der Waals surface area contributed by atoms with Crippen molar-refractivity contribution in [3.63, 3.8) is 0 Å². The van der Waals surface area contributed by atoms with Gasteiger partial charge in [0.25, 0.3) is 0 Å². The number of hydrogen-bond donors (Lipinski definition) is 0. The molecule has 1 aliphatic rings. The largest absolute Gasteiger partial charge is 0.321 e. The first-order valence-electron chi connectivity index (χ1n) is 4.01. The van der Waals surface area contributed by atoms with E-state index in [0.29, 0.717) is 0 Å². The van der Waals surface area contributed by atoms with Crippen molar-refractivity contribution in [1.29, 1.82) is 0 Å². The summed E-state index contributed by atoms with van der Waals surface area (Å²) < 4.78 is 11.2. The van der Waals surface area contributed by atoms with Gasteiger partial charge in [0.05, 0.1) is 13.2 Å². The van der Waals surface area contributed by atoms with Crippen LogP contribution in [0.3, 0.4) is 0 Å². The summed E-state index contributed by atoms with van der Waals surface area (Å²) in [7, 11) is 0. The molecule has 0 unspecified atom stereocenters. The lowest BCUT2D eigenvalue weighted by Gasteiger charge is -2.35. The Bertz CT molecular complexity index is 192. The molecule has 0 spiro atoms. The summed E-state index contributed by atoms with van der Waals surface area (Å²) in [5.41, 5.74) is -1.81. The summed E-state index contributed by atoms with van der Waals surface area (Å²) >= 11 is 6.92. The molecule has 2 nitrogen and oxygen atoms in total. The summed E-state index contributed by atoms with van der Waals surface area (Å²) in [5, 5.41) is 0. The third-order valence-corrected chi connectivity index (χ3v) is 6.92. The summed E-state index contributed by atoms with van der Waals surface area (Å²) in [5.74, 6) is 0.970. The minimum absolute atomic E-state index is 0.136. The zero-order valence-electron chi connectivity index (χ0n) is 7.70. The SMILES string of the molecule is CCSP1(=S)OCC(C)(C)CO1. The maximum absolute atomic E-state index is 5.59. The molecule has 12 heavy (non-hydrogen) atoms. The van der Waals surface area contributed by atoms with E-state index in [1.54, 1.807) is 11.4 Å². The van der Waals surface area contributed by atoms with Crippen LogP contribution in [0.15, 0.2) is 0 Å². The minimum atomic E-state index is -1.94. The average molecular weight is 226 g/mol. The molecule has 5 heteroatoms. The average Bonchev–Trinajstić information content (AvgIpc) is 1.98. The molecular formula is C7H15O2PS2. The topological polar surface area (TPSA) is 18.5 Å². The highest BCUT2D eigenvalue weighted by Crippen LogP contribution is 2.63. The second-order valence-electron chi connectivity index (χ2n) is 3.58. The van der Waals surface area contributed by atoms with Crippen molar-refractivity contribution in [1.82, 2.24) is 0 Å². The molecule has 0 radical (unpaired) electrons. The van der Waals surface area contributed by atoms with Crippen molar-refractivity contribution in [2.24, 2.45) is 5.41 Å². The van der Waals surface area contributed by atoms with Crippen LogP contribution in [0.4, 0.5) is 0 Å². The zero-order valence-corrected chi connectivity index (χ0v) is 10.2. The lowest BCUT2D eigenvalue weighted by atomic mass is 9.97. The molecule has 1 fully saturated rings. The quantitative estimate of drug-likeness (QED) is 0.673. The molecular weight excluding hydrogens is 211 g/mol. The zero-order chi connectivity index (χ0) is 9.24. The maximum Gasteiger partial charge on any atom is 0.247 e. The summed E-state index contributed by atoms with van der Waals surface area (Å²) in [4.78, 5) is 0. The first-order chi connectivity index (χ1) is 5.47. The molecule has 0 aromatic rings. The van der Waals surface area contributed by atoms with Crippen molar-refractivity contribution < 1.29 is 9.05 Å². The fourth-order valence-electron chi connectivity index (χ4n) is 0.819. The van der Waals surface area contributed by atoms with Gasteiger partial charge in [-0.15, -0.1) is 0 Å². The smallest absolute Gasteiger partial charge is 0.247 e. The molecule has 1 heterocycles. The Labute approximate surface area is 83.3 Å². The normalized spacial score (nSPS) is 26.9. The van der Waals surface area contributed by atoms with Gasteiger partial charge in [-0.1, -0.05) is 32.2 Å². The predicted octanol–water partition coefficient (Wildman–Crippen LogP) is 3.04. The molecule has 1 saturated heterocycles. The molecule has 0 N–H and O–H groups in total. The lowest BCUT2D eigenvalue weighted by Crippen LogP contribution is -2.28. The molecule has 1 rings (SSSR count). The van der Waals surface area contributed by atoms with E-state index in [1.807, 2.05) is 0 Å². The van der Waals surface area contributed by atoms with Gasteiger partial charge < -0.3 is 9.05 Å². The van der Waals surface area contributed by atoms with Crippen LogP contribution in [0.1, 0.15) is 20.8 Å². The molecule has 0 bridgehead atoms. The van der Waals surface area contributed by atoms with E-state index in [1.165, 1.54) is 0 Å². The second-order valence-corrected chi connectivity index (χ2v) is 10.2. The highest BCUT2D eigenvalue weighted by molar-refractivity contribution is 8.67. The monoisotopic (exact) mass is 226 g/mol. The van der Waals surface area contributed by atoms with Crippen LogP contribution in [0, 0.1) is 5.41 Å². The Balaban J connectivity index is 2.50. The molecule has 0 aromatic heterocycles. The highest BCUT2D eigenvalue weighted by atomic mass is 32.9. The van der Waals surface area contributed by atoms with Crippen LogP contribution in [0.2, 0.25) is 0 Å². The number of hydrogen-bond acceptors (Lipinski definition) is 4. The van der Waals surface area contributed by atoms with Crippen molar-refractivity contribution >= 4 is 28.9 Å². The summed E-state index contributed by atoms with van der Waals surface area (Å²) in [6.45, 7) is 7.80. The van der Waals surface area contributed by atoms with Crippen molar-refractivity contribution in [2.45, 2.75) is 20.8 Å². The van der Waals surface area contributed by atoms with Gasteiger partial charge in [0, 0.05) is 5.41 Å². The Morgan fingerprint density at radius 2 is 1.92 bits per heavy atom. The Kier molecular flexibility index (Phi) is 3.64. The van der Waals surface area contributed by atoms with E-state index in [-0.39, 0.29) is 5.41 Å². The Morgan fingerprint density at radius 1 is 1.42 bits per heavy atom. The molecule has 1 aliphatic heterocycles. The van der Waals surface area contributed by atoms with Gasteiger partial charge in [0.15, 0.2) is 0 Å². The molecule has 72 valence electrons. The number of rotatable bonds is 2. The van der Waals surface area contributed by atoms with Crippen LogP contribution in [0.25, 0.3) is 0 Å². The van der Waals surface area contributed by atoms with Gasteiger partial charge >= 0.3 is 0 Å². The fraction of sp³-hybridized carbons (Fsp3) is 1.00. The first-order valence-corrected chi connectivity index (χ1v) is 8.24. The standard InChI is InChI=1S/C7H15O2PS2/c1-4-12-10(11)8-5-7(2,3)6-9-10/h4-6H2,1-3H3. The summed E-state index contributed by atoms with van der Waals surface area (Å²) in [6, 6.07) is 0. The molecule has 0 atom stereocenters. The van der Waals surface area contributed by atoms with Gasteiger partial charge in [-0.2, -0.15) is 0 Å². The van der Waals surface area contributed by atoms with Crippen LogP contribution in [0.5, 0.6) is 0 Å². The second kappa shape index (κ2) is 3.97. The highest BCUT2D eigenvalue weighted by Gasteiger charge is 2.32. The summed E-state index contributed by atoms with van der Waals surface area (Å²) in [6.07, 6.45) is 0. The minimum Gasteiger partial charge on any atom is -0.321 e.